The van der Waals surface area contributed by atoms with Crippen molar-refractivity contribution >= 4 is 37.5 Å². The van der Waals surface area contributed by atoms with Crippen molar-refractivity contribution in [3.63, 3.8) is 0 Å². The molecule has 170 valence electrons. The van der Waals surface area contributed by atoms with Gasteiger partial charge in [0.1, 0.15) is 0 Å². The highest BCUT2D eigenvalue weighted by Crippen LogP contribution is 2.25. The molecular weight excluding hydrogens is 446 g/mol. The number of nitrogens with zero attached hydrogens (tertiary/aromatic N) is 3. The lowest BCUT2D eigenvalue weighted by molar-refractivity contribution is 0.0697. The maximum Gasteiger partial charge on any atom is 0.308 e. The molecule has 1 amide bonds. The van der Waals surface area contributed by atoms with E-state index in [0.29, 0.717) is 29.9 Å². The van der Waals surface area contributed by atoms with Gasteiger partial charge in [-0.05, 0) is 50.6 Å². The number of thiazole rings is 1. The quantitative estimate of drug-likeness (QED) is 0.570. The molecule has 32 heavy (non-hydrogen) atoms. The number of amides is 1. The van der Waals surface area contributed by atoms with E-state index >= 15 is 0 Å². The van der Waals surface area contributed by atoms with Crippen LogP contribution < -0.4 is 4.87 Å². The summed E-state index contributed by atoms with van der Waals surface area (Å²) in [5.74, 6) is -0.0719. The number of carbonyl (C=O) groups is 1. The van der Waals surface area contributed by atoms with Crippen molar-refractivity contribution < 1.29 is 13.2 Å². The number of aryl methyl sites for hydroxylation is 3. The van der Waals surface area contributed by atoms with Gasteiger partial charge in [0.15, 0.2) is 0 Å². The molecular formula is C23H27N3O4S2. The van der Waals surface area contributed by atoms with Crippen LogP contribution in [0.3, 0.4) is 0 Å². The fraction of sp³-hybridized carbons (Fsp3) is 0.391. The van der Waals surface area contributed by atoms with Crippen LogP contribution in [-0.4, -0.2) is 54.3 Å². The summed E-state index contributed by atoms with van der Waals surface area (Å²) in [5, 5.41) is 0. The maximum absolute atomic E-state index is 13.2. The van der Waals surface area contributed by atoms with Crippen LogP contribution in [0.4, 0.5) is 0 Å². The summed E-state index contributed by atoms with van der Waals surface area (Å²) in [5.41, 5.74) is 3.46. The summed E-state index contributed by atoms with van der Waals surface area (Å²) >= 11 is 1.07. The lowest BCUT2D eigenvalue weighted by atomic mass is 10.1. The van der Waals surface area contributed by atoms with Crippen molar-refractivity contribution in [2.24, 2.45) is 0 Å². The highest BCUT2D eigenvalue weighted by atomic mass is 32.2. The molecule has 0 aliphatic carbocycles. The van der Waals surface area contributed by atoms with Crippen LogP contribution in [0.1, 0.15) is 34.8 Å². The molecule has 0 bridgehead atoms. The summed E-state index contributed by atoms with van der Waals surface area (Å²) < 4.78 is 30.2. The molecule has 0 saturated carbocycles. The van der Waals surface area contributed by atoms with Gasteiger partial charge >= 0.3 is 4.87 Å². The Morgan fingerprint density at radius 1 is 1.00 bits per heavy atom. The molecule has 4 rings (SSSR count). The number of aromatic nitrogens is 1. The zero-order chi connectivity index (χ0) is 23.0. The summed E-state index contributed by atoms with van der Waals surface area (Å²) in [4.78, 5) is 26.9. The van der Waals surface area contributed by atoms with Crippen molar-refractivity contribution in [1.29, 1.82) is 0 Å². The fourth-order valence-electron chi connectivity index (χ4n) is 4.20. The van der Waals surface area contributed by atoms with E-state index in [9.17, 15) is 18.0 Å². The molecule has 1 aromatic heterocycles. The third-order valence-corrected chi connectivity index (χ3v) is 8.56. The van der Waals surface area contributed by atoms with Crippen LogP contribution in [0.15, 0.2) is 46.1 Å². The van der Waals surface area contributed by atoms with Gasteiger partial charge in [0, 0.05) is 38.3 Å². The summed E-state index contributed by atoms with van der Waals surface area (Å²) in [6.45, 7) is 7.69. The smallest absolute Gasteiger partial charge is 0.308 e. The molecule has 2 heterocycles. The average molecular weight is 474 g/mol. The van der Waals surface area contributed by atoms with Crippen molar-refractivity contribution in [2.75, 3.05) is 26.2 Å². The SMILES string of the molecule is CCCn1c(=O)sc2cc(S(=O)(=O)N3CCN(C(=O)c4cc(C)cc(C)c4)CC3)ccc21. The minimum Gasteiger partial charge on any atom is -0.336 e. The molecule has 0 N–H and O–H groups in total. The van der Waals surface area contributed by atoms with Crippen LogP contribution in [0.5, 0.6) is 0 Å². The van der Waals surface area contributed by atoms with E-state index in [1.165, 1.54) is 4.31 Å². The number of carbonyl (C=O) groups excluding carboxylic acids is 1. The van der Waals surface area contributed by atoms with Crippen LogP contribution >= 0.6 is 11.3 Å². The van der Waals surface area contributed by atoms with Gasteiger partial charge in [-0.3, -0.25) is 14.2 Å². The van der Waals surface area contributed by atoms with Gasteiger partial charge in [-0.2, -0.15) is 4.31 Å². The molecule has 9 heteroatoms. The van der Waals surface area contributed by atoms with Crippen LogP contribution in [-0.2, 0) is 16.6 Å². The number of sulfonamides is 1. The maximum atomic E-state index is 13.2. The Hall–Kier alpha value is -2.49. The number of benzene rings is 2. The lowest BCUT2D eigenvalue weighted by Gasteiger charge is -2.34. The molecule has 1 aliphatic rings. The van der Waals surface area contributed by atoms with E-state index in [1.807, 2.05) is 39.0 Å². The van der Waals surface area contributed by atoms with Crippen LogP contribution in [0.2, 0.25) is 0 Å². The molecule has 1 fully saturated rings. The first-order valence-electron chi connectivity index (χ1n) is 10.7. The van der Waals surface area contributed by atoms with Crippen LogP contribution in [0.25, 0.3) is 10.2 Å². The van der Waals surface area contributed by atoms with E-state index in [-0.39, 0.29) is 28.8 Å². The number of hydrogen-bond acceptors (Lipinski definition) is 5. The van der Waals surface area contributed by atoms with Crippen molar-refractivity contribution in [1.82, 2.24) is 13.8 Å². The Bertz CT molecular complexity index is 1310. The molecule has 1 aliphatic heterocycles. The Balaban J connectivity index is 1.51. The predicted molar refractivity (Wildman–Crippen MR) is 127 cm³/mol. The first-order valence-corrected chi connectivity index (χ1v) is 13.0. The summed E-state index contributed by atoms with van der Waals surface area (Å²) in [6, 6.07) is 10.6. The first-order chi connectivity index (χ1) is 15.2. The minimum atomic E-state index is -3.71. The first kappa shape index (κ1) is 22.7. The van der Waals surface area contributed by atoms with Gasteiger partial charge in [0.2, 0.25) is 10.0 Å². The number of fused-ring (bicyclic) bond motifs is 1. The van der Waals surface area contributed by atoms with Gasteiger partial charge in [-0.15, -0.1) is 0 Å². The van der Waals surface area contributed by atoms with Crippen molar-refractivity contribution in [3.05, 3.63) is 62.8 Å². The van der Waals surface area contributed by atoms with Gasteiger partial charge in [0.25, 0.3) is 5.91 Å². The largest absolute Gasteiger partial charge is 0.336 e. The Morgan fingerprint density at radius 3 is 2.28 bits per heavy atom. The summed E-state index contributed by atoms with van der Waals surface area (Å²) in [7, 11) is -3.71. The number of hydrogen-bond donors (Lipinski definition) is 0. The van der Waals surface area contributed by atoms with E-state index in [1.54, 1.807) is 27.7 Å². The van der Waals surface area contributed by atoms with Crippen LogP contribution in [0, 0.1) is 13.8 Å². The fourth-order valence-corrected chi connectivity index (χ4v) is 6.68. The standard InChI is InChI=1S/C23H27N3O4S2/c1-4-7-26-20-6-5-19(15-21(20)31-23(26)28)32(29,30)25-10-8-24(9-11-25)22(27)18-13-16(2)12-17(3)14-18/h5-6,12-15H,4,7-11H2,1-3H3. The molecule has 2 aromatic carbocycles. The van der Waals surface area contributed by atoms with Gasteiger partial charge in [0.05, 0.1) is 15.1 Å². The number of piperazine rings is 1. The van der Waals surface area contributed by atoms with E-state index in [4.69, 9.17) is 0 Å². The molecule has 0 radical (unpaired) electrons. The Morgan fingerprint density at radius 2 is 1.66 bits per heavy atom. The highest BCUT2D eigenvalue weighted by Gasteiger charge is 2.31. The Kier molecular flexibility index (Phi) is 6.24. The number of rotatable bonds is 5. The third kappa shape index (κ3) is 4.24. The molecule has 0 atom stereocenters. The second kappa shape index (κ2) is 8.80. The van der Waals surface area contributed by atoms with Gasteiger partial charge in [-0.1, -0.05) is 35.5 Å². The van der Waals surface area contributed by atoms with Crippen molar-refractivity contribution in [3.8, 4) is 0 Å². The highest BCUT2D eigenvalue weighted by molar-refractivity contribution is 7.89. The van der Waals surface area contributed by atoms with E-state index in [2.05, 4.69) is 0 Å². The van der Waals surface area contributed by atoms with E-state index < -0.39 is 10.0 Å². The molecule has 0 unspecified atom stereocenters. The molecule has 1 saturated heterocycles. The second-order valence-electron chi connectivity index (χ2n) is 8.22. The zero-order valence-corrected chi connectivity index (χ0v) is 20.1. The molecule has 3 aromatic rings. The second-order valence-corrected chi connectivity index (χ2v) is 11.2. The third-order valence-electron chi connectivity index (χ3n) is 5.72. The monoisotopic (exact) mass is 473 g/mol. The molecule has 7 nitrogen and oxygen atoms in total. The molecule has 0 spiro atoms. The average Bonchev–Trinajstić information content (AvgIpc) is 3.07. The normalized spacial score (nSPS) is 15.4. The van der Waals surface area contributed by atoms with Gasteiger partial charge < -0.3 is 4.90 Å². The minimum absolute atomic E-state index is 0.0719. The summed E-state index contributed by atoms with van der Waals surface area (Å²) in [6.07, 6.45) is 0.830. The Labute approximate surface area is 191 Å². The topological polar surface area (TPSA) is 79.7 Å². The zero-order valence-electron chi connectivity index (χ0n) is 18.5. The lowest BCUT2D eigenvalue weighted by Crippen LogP contribution is -2.50. The van der Waals surface area contributed by atoms with E-state index in [0.717, 1.165) is 34.4 Å². The predicted octanol–water partition coefficient (Wildman–Crippen LogP) is 3.24. The van der Waals surface area contributed by atoms with Crippen molar-refractivity contribution in [2.45, 2.75) is 38.6 Å². The van der Waals surface area contributed by atoms with Gasteiger partial charge in [-0.25, -0.2) is 8.42 Å².